The number of para-hydroxylation sites is 2. The van der Waals surface area contributed by atoms with Gasteiger partial charge in [0.15, 0.2) is 5.58 Å². The summed E-state index contributed by atoms with van der Waals surface area (Å²) in [5, 5.41) is 0. The molecule has 0 bridgehead atoms. The van der Waals surface area contributed by atoms with Gasteiger partial charge in [0.25, 0.3) is 0 Å². The van der Waals surface area contributed by atoms with Gasteiger partial charge in [0.05, 0.1) is 11.0 Å². The minimum Gasteiger partial charge on any atom is -0.423 e. The van der Waals surface area contributed by atoms with E-state index in [1.807, 2.05) is 49.4 Å². The largest absolute Gasteiger partial charge is 0.423 e. The van der Waals surface area contributed by atoms with Gasteiger partial charge in [-0.05, 0) is 36.8 Å². The fourth-order valence-electron chi connectivity index (χ4n) is 2.36. The number of nitrogens with zero attached hydrogens (tertiary/aromatic N) is 2. The fourth-order valence-corrected chi connectivity index (χ4v) is 2.36. The molecule has 0 spiro atoms. The van der Waals surface area contributed by atoms with Gasteiger partial charge in [-0.2, -0.15) is 4.98 Å². The molecule has 5 heteroatoms. The van der Waals surface area contributed by atoms with Crippen molar-refractivity contribution in [2.24, 2.45) is 0 Å². The summed E-state index contributed by atoms with van der Waals surface area (Å²) in [6, 6.07) is 13.5. The molecule has 0 fully saturated rings. The van der Waals surface area contributed by atoms with E-state index in [9.17, 15) is 4.79 Å². The standard InChI is InChI=1S/C15H11N3O2/c1-9-6-7-11-13(8-9)20-15(17-11)18-12-5-3-2-4-10(12)16-14(18)19/h2-8H,1H3,(H,16,19). The van der Waals surface area contributed by atoms with E-state index in [-0.39, 0.29) is 11.7 Å². The summed E-state index contributed by atoms with van der Waals surface area (Å²) >= 11 is 0. The van der Waals surface area contributed by atoms with Crippen molar-refractivity contribution >= 4 is 22.1 Å². The Kier molecular flexibility index (Phi) is 2.12. The highest BCUT2D eigenvalue weighted by Gasteiger charge is 2.14. The lowest BCUT2D eigenvalue weighted by Crippen LogP contribution is -2.14. The molecule has 5 nitrogen and oxygen atoms in total. The molecule has 4 aromatic rings. The van der Waals surface area contributed by atoms with E-state index in [1.54, 1.807) is 0 Å². The number of aryl methyl sites for hydroxylation is 1. The highest BCUT2D eigenvalue weighted by Crippen LogP contribution is 2.21. The molecule has 0 aliphatic rings. The number of aromatic nitrogens is 3. The van der Waals surface area contributed by atoms with Gasteiger partial charge in [-0.25, -0.2) is 9.36 Å². The van der Waals surface area contributed by atoms with Crippen molar-refractivity contribution in [2.75, 3.05) is 0 Å². The van der Waals surface area contributed by atoms with Gasteiger partial charge in [0.1, 0.15) is 5.52 Å². The first kappa shape index (κ1) is 11.0. The predicted molar refractivity (Wildman–Crippen MR) is 76.2 cm³/mol. The number of hydrogen-bond donors (Lipinski definition) is 1. The highest BCUT2D eigenvalue weighted by atomic mass is 16.4. The molecule has 0 aliphatic carbocycles. The molecule has 0 unspecified atom stereocenters. The molecule has 2 aromatic carbocycles. The molecular formula is C15H11N3O2. The van der Waals surface area contributed by atoms with Crippen LogP contribution in [0.4, 0.5) is 0 Å². The van der Waals surface area contributed by atoms with E-state index < -0.39 is 0 Å². The maximum atomic E-state index is 12.1. The first-order chi connectivity index (χ1) is 9.72. The zero-order valence-electron chi connectivity index (χ0n) is 10.8. The summed E-state index contributed by atoms with van der Waals surface area (Å²) < 4.78 is 7.16. The molecule has 98 valence electrons. The summed E-state index contributed by atoms with van der Waals surface area (Å²) in [4.78, 5) is 19.3. The van der Waals surface area contributed by atoms with E-state index in [4.69, 9.17) is 4.42 Å². The average molecular weight is 265 g/mol. The molecular weight excluding hydrogens is 254 g/mol. The summed E-state index contributed by atoms with van der Waals surface area (Å²) in [6.45, 7) is 1.99. The normalized spacial score (nSPS) is 11.4. The first-order valence-corrected chi connectivity index (χ1v) is 6.30. The van der Waals surface area contributed by atoms with Crippen molar-refractivity contribution < 1.29 is 4.42 Å². The molecule has 0 saturated heterocycles. The zero-order valence-corrected chi connectivity index (χ0v) is 10.8. The highest BCUT2D eigenvalue weighted by molar-refractivity contribution is 5.78. The fraction of sp³-hybridized carbons (Fsp3) is 0.0667. The Balaban J connectivity index is 2.06. The number of fused-ring (bicyclic) bond motifs is 2. The second-order valence-electron chi connectivity index (χ2n) is 4.75. The van der Waals surface area contributed by atoms with Crippen LogP contribution in [0.15, 0.2) is 51.7 Å². The van der Waals surface area contributed by atoms with Crippen LogP contribution < -0.4 is 5.69 Å². The summed E-state index contributed by atoms with van der Waals surface area (Å²) in [6.07, 6.45) is 0. The third-order valence-electron chi connectivity index (χ3n) is 3.31. The van der Waals surface area contributed by atoms with E-state index in [1.165, 1.54) is 4.57 Å². The van der Waals surface area contributed by atoms with Gasteiger partial charge in [0.2, 0.25) is 0 Å². The molecule has 2 aromatic heterocycles. The number of benzene rings is 2. The Bertz CT molecular complexity index is 991. The van der Waals surface area contributed by atoms with Gasteiger partial charge in [-0.1, -0.05) is 18.2 Å². The Morgan fingerprint density at radius 2 is 2.05 bits per heavy atom. The van der Waals surface area contributed by atoms with Crippen molar-refractivity contribution in [3.8, 4) is 6.01 Å². The van der Waals surface area contributed by atoms with Gasteiger partial charge in [0, 0.05) is 0 Å². The minimum absolute atomic E-state index is 0.255. The van der Waals surface area contributed by atoms with E-state index in [0.717, 1.165) is 22.1 Å². The van der Waals surface area contributed by atoms with Crippen molar-refractivity contribution in [1.29, 1.82) is 0 Å². The van der Waals surface area contributed by atoms with Gasteiger partial charge in [-0.3, -0.25) is 0 Å². The van der Waals surface area contributed by atoms with Gasteiger partial charge < -0.3 is 9.40 Å². The maximum Gasteiger partial charge on any atom is 0.334 e. The Labute approximate surface area is 113 Å². The topological polar surface area (TPSA) is 63.8 Å². The van der Waals surface area contributed by atoms with Crippen LogP contribution in [0.3, 0.4) is 0 Å². The number of nitrogens with one attached hydrogen (secondary N) is 1. The second-order valence-corrected chi connectivity index (χ2v) is 4.75. The molecule has 2 heterocycles. The SMILES string of the molecule is Cc1ccc2nc(-n3c(=O)[nH]c4ccccc43)oc2c1. The van der Waals surface area contributed by atoms with Crippen LogP contribution in [0.2, 0.25) is 0 Å². The number of imidazole rings is 1. The van der Waals surface area contributed by atoms with Crippen LogP contribution in [-0.4, -0.2) is 14.5 Å². The van der Waals surface area contributed by atoms with Crippen LogP contribution >= 0.6 is 0 Å². The molecule has 0 amide bonds. The molecule has 20 heavy (non-hydrogen) atoms. The lowest BCUT2D eigenvalue weighted by molar-refractivity contribution is 0.563. The van der Waals surface area contributed by atoms with Crippen molar-refractivity contribution in [2.45, 2.75) is 6.92 Å². The molecule has 4 rings (SSSR count). The number of hydrogen-bond acceptors (Lipinski definition) is 3. The van der Waals surface area contributed by atoms with Gasteiger partial charge >= 0.3 is 11.7 Å². The Morgan fingerprint density at radius 3 is 2.95 bits per heavy atom. The van der Waals surface area contributed by atoms with E-state index in [2.05, 4.69) is 9.97 Å². The second kappa shape index (κ2) is 3.84. The molecule has 1 N–H and O–H groups in total. The van der Waals surface area contributed by atoms with E-state index in [0.29, 0.717) is 5.58 Å². The monoisotopic (exact) mass is 265 g/mol. The Hall–Kier alpha value is -2.82. The van der Waals surface area contributed by atoms with Crippen molar-refractivity contribution in [1.82, 2.24) is 14.5 Å². The Morgan fingerprint density at radius 1 is 1.20 bits per heavy atom. The van der Waals surface area contributed by atoms with Gasteiger partial charge in [-0.15, -0.1) is 0 Å². The van der Waals surface area contributed by atoms with Crippen LogP contribution in [-0.2, 0) is 0 Å². The van der Waals surface area contributed by atoms with Crippen molar-refractivity contribution in [3.05, 3.63) is 58.5 Å². The third-order valence-corrected chi connectivity index (χ3v) is 3.31. The number of oxazole rings is 1. The minimum atomic E-state index is -0.255. The number of rotatable bonds is 1. The third kappa shape index (κ3) is 1.50. The number of H-pyrrole nitrogens is 1. The average Bonchev–Trinajstić information content (AvgIpc) is 2.97. The smallest absolute Gasteiger partial charge is 0.334 e. The molecule has 0 aliphatic heterocycles. The quantitative estimate of drug-likeness (QED) is 0.575. The van der Waals surface area contributed by atoms with E-state index >= 15 is 0 Å². The lowest BCUT2D eigenvalue weighted by Gasteiger charge is -1.95. The van der Waals surface area contributed by atoms with Crippen LogP contribution in [0.1, 0.15) is 5.56 Å². The zero-order chi connectivity index (χ0) is 13.7. The number of aromatic amines is 1. The van der Waals surface area contributed by atoms with Crippen molar-refractivity contribution in [3.63, 3.8) is 0 Å². The summed E-state index contributed by atoms with van der Waals surface area (Å²) in [5.74, 6) is 0. The van der Waals surface area contributed by atoms with Crippen LogP contribution in [0, 0.1) is 6.92 Å². The molecule has 0 saturated carbocycles. The molecule has 0 atom stereocenters. The summed E-state index contributed by atoms with van der Waals surface area (Å²) in [5.41, 5.74) is 3.76. The van der Waals surface area contributed by atoms with Crippen LogP contribution in [0.5, 0.6) is 0 Å². The predicted octanol–water partition coefficient (Wildman–Crippen LogP) is 2.77. The first-order valence-electron chi connectivity index (χ1n) is 6.30. The molecule has 0 radical (unpaired) electrons. The van der Waals surface area contributed by atoms with Crippen LogP contribution in [0.25, 0.3) is 28.1 Å². The lowest BCUT2D eigenvalue weighted by atomic mass is 10.2. The summed E-state index contributed by atoms with van der Waals surface area (Å²) in [7, 11) is 0. The maximum absolute atomic E-state index is 12.1.